The molecule has 138 valence electrons. The number of primary amides is 1. The molecule has 3 N–H and O–H groups in total. The molecule has 1 atom stereocenters. The molecule has 0 fully saturated rings. The predicted molar refractivity (Wildman–Crippen MR) is 105 cm³/mol. The van der Waals surface area contributed by atoms with Crippen LogP contribution in [0.2, 0.25) is 0 Å². The van der Waals surface area contributed by atoms with Gasteiger partial charge in [0.05, 0.1) is 18.2 Å². The van der Waals surface area contributed by atoms with Crippen molar-refractivity contribution in [3.63, 3.8) is 0 Å². The van der Waals surface area contributed by atoms with Crippen LogP contribution in [0.5, 0.6) is 5.75 Å². The molecule has 0 saturated carbocycles. The summed E-state index contributed by atoms with van der Waals surface area (Å²) in [5.41, 5.74) is 7.69. The minimum atomic E-state index is -0.551. The summed E-state index contributed by atoms with van der Waals surface area (Å²) in [5, 5.41) is 12.4. The largest absolute Gasteiger partial charge is 0.495 e. The maximum atomic E-state index is 11.7. The number of rotatable bonds is 6. The first kappa shape index (κ1) is 17.2. The first-order valence-corrected chi connectivity index (χ1v) is 9.38. The number of nitrogens with two attached hydrogens (primary N) is 1. The van der Waals surface area contributed by atoms with Crippen LogP contribution in [0.3, 0.4) is 0 Å². The standard InChI is InChI=1S/C18H18N6O2S/c1-3-12(15(19)25)20-18-21-13-7-5-4-6-10(13)17-22-16(23-24(17)18)11-8-27-9-14(11)26-2/h4-9,12H,3H2,1-2H3,(H2,19,25)(H,20,21). The van der Waals surface area contributed by atoms with E-state index in [1.165, 1.54) is 11.3 Å². The Kier molecular flexibility index (Phi) is 4.36. The first-order chi connectivity index (χ1) is 13.1. The van der Waals surface area contributed by atoms with Gasteiger partial charge in [-0.2, -0.15) is 4.52 Å². The average molecular weight is 382 g/mol. The smallest absolute Gasteiger partial charge is 0.239 e. The SMILES string of the molecule is CCC(Nc1nc2ccccc2c2nc(-c3cscc3OC)nn12)C(N)=O. The number of fused-ring (bicyclic) bond motifs is 3. The number of aromatic nitrogens is 4. The van der Waals surface area contributed by atoms with Crippen LogP contribution < -0.4 is 15.8 Å². The number of carbonyl (C=O) groups is 1. The van der Waals surface area contributed by atoms with Gasteiger partial charge < -0.3 is 15.8 Å². The quantitative estimate of drug-likeness (QED) is 0.531. The number of benzene rings is 1. The van der Waals surface area contributed by atoms with E-state index in [1.807, 2.05) is 41.9 Å². The summed E-state index contributed by atoms with van der Waals surface area (Å²) in [5.74, 6) is 1.22. The number of nitrogens with zero attached hydrogens (tertiary/aromatic N) is 4. The molecular formula is C18H18N6O2S. The van der Waals surface area contributed by atoms with Crippen molar-refractivity contribution in [1.29, 1.82) is 0 Å². The highest BCUT2D eigenvalue weighted by Crippen LogP contribution is 2.33. The summed E-state index contributed by atoms with van der Waals surface area (Å²) in [6.07, 6.45) is 0.533. The van der Waals surface area contributed by atoms with Crippen LogP contribution in [-0.2, 0) is 4.79 Å². The second-order valence-corrected chi connectivity index (χ2v) is 6.73. The Morgan fingerprint density at radius 1 is 1.33 bits per heavy atom. The highest BCUT2D eigenvalue weighted by Gasteiger charge is 2.20. The van der Waals surface area contributed by atoms with E-state index in [2.05, 4.69) is 15.4 Å². The summed E-state index contributed by atoms with van der Waals surface area (Å²) in [6.45, 7) is 1.88. The monoisotopic (exact) mass is 382 g/mol. The molecule has 3 heterocycles. The van der Waals surface area contributed by atoms with Crippen LogP contribution in [0.15, 0.2) is 35.0 Å². The number of hydrogen-bond donors (Lipinski definition) is 2. The second-order valence-electron chi connectivity index (χ2n) is 5.98. The van der Waals surface area contributed by atoms with Gasteiger partial charge in [-0.05, 0) is 18.6 Å². The molecule has 4 rings (SSSR count). The van der Waals surface area contributed by atoms with E-state index in [0.29, 0.717) is 29.6 Å². The predicted octanol–water partition coefficient (Wildman–Crippen LogP) is 2.69. The van der Waals surface area contributed by atoms with E-state index in [0.717, 1.165) is 16.5 Å². The van der Waals surface area contributed by atoms with Gasteiger partial charge in [-0.1, -0.05) is 19.1 Å². The Bertz CT molecular complexity index is 1140. The first-order valence-electron chi connectivity index (χ1n) is 8.44. The lowest BCUT2D eigenvalue weighted by atomic mass is 10.2. The minimum absolute atomic E-state index is 0.419. The molecule has 9 heteroatoms. The van der Waals surface area contributed by atoms with Gasteiger partial charge in [0, 0.05) is 16.1 Å². The van der Waals surface area contributed by atoms with Crippen molar-refractivity contribution in [1.82, 2.24) is 19.6 Å². The summed E-state index contributed by atoms with van der Waals surface area (Å²) in [7, 11) is 1.62. The zero-order valence-electron chi connectivity index (χ0n) is 14.8. The van der Waals surface area contributed by atoms with Crippen molar-refractivity contribution in [3.05, 3.63) is 35.0 Å². The lowest BCUT2D eigenvalue weighted by Crippen LogP contribution is -2.35. The van der Waals surface area contributed by atoms with Gasteiger partial charge in [-0.3, -0.25) is 4.79 Å². The van der Waals surface area contributed by atoms with Crippen molar-refractivity contribution in [2.24, 2.45) is 5.73 Å². The van der Waals surface area contributed by atoms with Crippen molar-refractivity contribution in [2.75, 3.05) is 12.4 Å². The van der Waals surface area contributed by atoms with Gasteiger partial charge >= 0.3 is 0 Å². The molecule has 0 aliphatic rings. The average Bonchev–Trinajstić information content (AvgIpc) is 3.32. The third kappa shape index (κ3) is 2.95. The number of hydrogen-bond acceptors (Lipinski definition) is 7. The lowest BCUT2D eigenvalue weighted by molar-refractivity contribution is -0.118. The normalized spacial score (nSPS) is 12.4. The number of thiophene rings is 1. The molecule has 27 heavy (non-hydrogen) atoms. The highest BCUT2D eigenvalue weighted by molar-refractivity contribution is 7.08. The molecule has 0 spiro atoms. The van der Waals surface area contributed by atoms with E-state index in [1.54, 1.807) is 11.6 Å². The van der Waals surface area contributed by atoms with Crippen molar-refractivity contribution >= 4 is 39.7 Å². The number of carbonyl (C=O) groups excluding carboxylic acids is 1. The third-order valence-corrected chi connectivity index (χ3v) is 5.04. The number of para-hydroxylation sites is 1. The molecule has 3 aromatic heterocycles. The molecule has 1 amide bonds. The molecular weight excluding hydrogens is 364 g/mol. The topological polar surface area (TPSA) is 107 Å². The number of amides is 1. The van der Waals surface area contributed by atoms with Gasteiger partial charge in [0.2, 0.25) is 11.9 Å². The van der Waals surface area contributed by atoms with E-state index >= 15 is 0 Å². The van der Waals surface area contributed by atoms with Crippen LogP contribution in [0.1, 0.15) is 13.3 Å². The van der Waals surface area contributed by atoms with Crippen molar-refractivity contribution in [3.8, 4) is 17.1 Å². The van der Waals surface area contributed by atoms with E-state index in [9.17, 15) is 4.79 Å². The third-order valence-electron chi connectivity index (χ3n) is 4.32. The molecule has 0 radical (unpaired) electrons. The molecule has 0 aliphatic carbocycles. The zero-order chi connectivity index (χ0) is 19.0. The minimum Gasteiger partial charge on any atom is -0.495 e. The van der Waals surface area contributed by atoms with E-state index in [4.69, 9.17) is 15.5 Å². The summed E-state index contributed by atoms with van der Waals surface area (Å²) < 4.78 is 7.01. The Morgan fingerprint density at radius 3 is 2.89 bits per heavy atom. The number of nitrogens with one attached hydrogen (secondary N) is 1. The van der Waals surface area contributed by atoms with Gasteiger partial charge in [-0.15, -0.1) is 16.4 Å². The molecule has 4 aromatic rings. The van der Waals surface area contributed by atoms with Crippen LogP contribution >= 0.6 is 11.3 Å². The van der Waals surface area contributed by atoms with Crippen LogP contribution in [0, 0.1) is 0 Å². The number of anilines is 1. The Balaban J connectivity index is 1.95. The summed E-state index contributed by atoms with van der Waals surface area (Å²) in [4.78, 5) is 21.0. The second kappa shape index (κ2) is 6.84. The van der Waals surface area contributed by atoms with Crippen molar-refractivity contribution in [2.45, 2.75) is 19.4 Å². The number of ether oxygens (including phenoxy) is 1. The van der Waals surface area contributed by atoms with E-state index in [-0.39, 0.29) is 0 Å². The Labute approximate surface area is 159 Å². The molecule has 0 bridgehead atoms. The van der Waals surface area contributed by atoms with Crippen LogP contribution in [-0.4, -0.2) is 38.6 Å². The molecule has 0 saturated heterocycles. The molecule has 0 aliphatic heterocycles. The molecule has 1 aromatic carbocycles. The molecule has 1 unspecified atom stereocenters. The molecule has 8 nitrogen and oxygen atoms in total. The lowest BCUT2D eigenvalue weighted by Gasteiger charge is -2.15. The Morgan fingerprint density at radius 2 is 2.15 bits per heavy atom. The maximum absolute atomic E-state index is 11.7. The summed E-state index contributed by atoms with van der Waals surface area (Å²) >= 11 is 1.51. The highest BCUT2D eigenvalue weighted by atomic mass is 32.1. The van der Waals surface area contributed by atoms with Gasteiger partial charge in [-0.25, -0.2) is 9.97 Å². The fourth-order valence-corrected chi connectivity index (χ4v) is 3.67. The van der Waals surface area contributed by atoms with Gasteiger partial charge in [0.1, 0.15) is 11.8 Å². The zero-order valence-corrected chi connectivity index (χ0v) is 15.7. The van der Waals surface area contributed by atoms with Crippen LogP contribution in [0.4, 0.5) is 5.95 Å². The van der Waals surface area contributed by atoms with E-state index < -0.39 is 11.9 Å². The van der Waals surface area contributed by atoms with Crippen LogP contribution in [0.25, 0.3) is 27.9 Å². The van der Waals surface area contributed by atoms with Gasteiger partial charge in [0.15, 0.2) is 11.5 Å². The Hall–Kier alpha value is -3.20. The maximum Gasteiger partial charge on any atom is 0.239 e. The van der Waals surface area contributed by atoms with Gasteiger partial charge in [0.25, 0.3) is 0 Å². The fourth-order valence-electron chi connectivity index (χ4n) is 2.90. The summed E-state index contributed by atoms with van der Waals surface area (Å²) in [6, 6.07) is 7.11. The number of methoxy groups -OCH3 is 1. The fraction of sp³-hybridized carbons (Fsp3) is 0.222. The van der Waals surface area contributed by atoms with Crippen molar-refractivity contribution < 1.29 is 9.53 Å².